The lowest BCUT2D eigenvalue weighted by molar-refractivity contribution is -0.388. The third kappa shape index (κ3) is 2.23. The summed E-state index contributed by atoms with van der Waals surface area (Å²) in [6.07, 6.45) is 3.02. The fourth-order valence-corrected chi connectivity index (χ4v) is 2.31. The smallest absolute Gasteiger partial charge is 0.258 e. The average molecular weight is 251 g/mol. The topological polar surface area (TPSA) is 43.1 Å². The molecule has 0 unspecified atom stereocenters. The molecule has 0 radical (unpaired) electrons. The van der Waals surface area contributed by atoms with Gasteiger partial charge in [0.1, 0.15) is 10.7 Å². The molecule has 0 heterocycles. The highest BCUT2D eigenvalue weighted by molar-refractivity contribution is 7.99. The number of hydrogen-bond donors (Lipinski definition) is 0. The molecule has 15 heavy (non-hydrogen) atoms. The maximum atomic E-state index is 13.6. The van der Waals surface area contributed by atoms with Crippen LogP contribution in [0.2, 0.25) is 0 Å². The van der Waals surface area contributed by atoms with E-state index in [1.165, 1.54) is 12.5 Å². The van der Waals surface area contributed by atoms with Crippen molar-refractivity contribution in [3.05, 3.63) is 27.8 Å². The van der Waals surface area contributed by atoms with E-state index in [0.29, 0.717) is 0 Å². The minimum absolute atomic E-state index is 0.134. The summed E-state index contributed by atoms with van der Waals surface area (Å²) < 4.78 is 26.8. The highest BCUT2D eigenvalue weighted by Crippen LogP contribution is 2.37. The zero-order chi connectivity index (χ0) is 11.6. The molecule has 0 aliphatic rings. The van der Waals surface area contributed by atoms with Crippen molar-refractivity contribution in [2.75, 3.05) is 12.5 Å². The maximum absolute atomic E-state index is 13.6. The van der Waals surface area contributed by atoms with Crippen LogP contribution in [0, 0.1) is 21.7 Å². The predicted molar refractivity (Wildman–Crippen MR) is 56.6 cm³/mol. The summed E-state index contributed by atoms with van der Waals surface area (Å²) in [5, 5.41) is 10.5. The Bertz CT molecular complexity index is 412. The van der Waals surface area contributed by atoms with Gasteiger partial charge in [0.05, 0.1) is 15.9 Å². The van der Waals surface area contributed by atoms with Gasteiger partial charge in [0.25, 0.3) is 5.69 Å². The number of rotatable bonds is 3. The number of thioether (sulfide) groups is 2. The number of benzene rings is 1. The molecular formula is C8H7F2NO2S2. The predicted octanol–water partition coefficient (Wildman–Crippen LogP) is 3.32. The normalized spacial score (nSPS) is 10.4. The lowest BCUT2D eigenvalue weighted by atomic mass is 10.3. The van der Waals surface area contributed by atoms with Crippen molar-refractivity contribution in [3.8, 4) is 0 Å². The van der Waals surface area contributed by atoms with E-state index in [-0.39, 0.29) is 9.79 Å². The van der Waals surface area contributed by atoms with Gasteiger partial charge >= 0.3 is 0 Å². The largest absolute Gasteiger partial charge is 0.288 e. The number of halogens is 2. The van der Waals surface area contributed by atoms with Gasteiger partial charge in [-0.25, -0.2) is 8.78 Å². The van der Waals surface area contributed by atoms with Crippen molar-refractivity contribution in [3.63, 3.8) is 0 Å². The first-order valence-electron chi connectivity index (χ1n) is 3.77. The van der Waals surface area contributed by atoms with Gasteiger partial charge in [-0.1, -0.05) is 0 Å². The second kappa shape index (κ2) is 4.80. The Morgan fingerprint density at radius 2 is 1.80 bits per heavy atom. The van der Waals surface area contributed by atoms with Gasteiger partial charge in [0, 0.05) is 0 Å². The van der Waals surface area contributed by atoms with Crippen LogP contribution in [0.15, 0.2) is 15.9 Å². The molecule has 0 bridgehead atoms. The standard InChI is InChI=1S/C8H7F2NO2S2/c1-14-7-4(9)3-5(11(12)13)8(15-2)6(7)10/h3H,1-2H3. The van der Waals surface area contributed by atoms with E-state index >= 15 is 0 Å². The second-order valence-corrected chi connectivity index (χ2v) is 4.15. The molecule has 0 amide bonds. The monoisotopic (exact) mass is 251 g/mol. The van der Waals surface area contributed by atoms with Crippen molar-refractivity contribution in [1.29, 1.82) is 0 Å². The lowest BCUT2D eigenvalue weighted by Crippen LogP contribution is -1.98. The van der Waals surface area contributed by atoms with Crippen molar-refractivity contribution in [2.45, 2.75) is 9.79 Å². The summed E-state index contributed by atoms with van der Waals surface area (Å²) in [5.41, 5.74) is -0.532. The van der Waals surface area contributed by atoms with Gasteiger partial charge in [0.15, 0.2) is 5.82 Å². The van der Waals surface area contributed by atoms with Crippen LogP contribution in [0.1, 0.15) is 0 Å². The minimum Gasteiger partial charge on any atom is -0.258 e. The molecule has 0 spiro atoms. The van der Waals surface area contributed by atoms with Crippen LogP contribution in [0.3, 0.4) is 0 Å². The van der Waals surface area contributed by atoms with Crippen molar-refractivity contribution in [2.24, 2.45) is 0 Å². The number of hydrogen-bond acceptors (Lipinski definition) is 4. The van der Waals surface area contributed by atoms with E-state index in [1.54, 1.807) is 0 Å². The highest BCUT2D eigenvalue weighted by atomic mass is 32.2. The average Bonchev–Trinajstić information content (AvgIpc) is 2.17. The second-order valence-electron chi connectivity index (χ2n) is 2.52. The number of nitrogens with zero attached hydrogens (tertiary/aromatic N) is 1. The van der Waals surface area contributed by atoms with Crippen LogP contribution >= 0.6 is 23.5 Å². The highest BCUT2D eigenvalue weighted by Gasteiger charge is 2.24. The Hall–Kier alpha value is -0.820. The van der Waals surface area contributed by atoms with Crippen LogP contribution in [-0.4, -0.2) is 17.4 Å². The first kappa shape index (κ1) is 12.3. The maximum Gasteiger partial charge on any atom is 0.288 e. The van der Waals surface area contributed by atoms with Gasteiger partial charge in [0.2, 0.25) is 0 Å². The minimum atomic E-state index is -0.899. The summed E-state index contributed by atoms with van der Waals surface area (Å²) in [5.74, 6) is -1.76. The first-order chi connectivity index (χ1) is 7.02. The number of nitro groups is 1. The summed E-state index contributed by atoms with van der Waals surface area (Å²) >= 11 is 1.78. The zero-order valence-electron chi connectivity index (χ0n) is 7.91. The summed E-state index contributed by atoms with van der Waals surface area (Å²) in [7, 11) is 0. The SMILES string of the molecule is CSc1c(F)cc([N+](=O)[O-])c(SC)c1F. The number of nitro benzene ring substituents is 1. The fourth-order valence-electron chi connectivity index (χ4n) is 1.09. The Balaban J connectivity index is 3.51. The molecule has 0 aliphatic carbocycles. The Kier molecular flexibility index (Phi) is 3.92. The molecule has 1 aromatic carbocycles. The van der Waals surface area contributed by atoms with Crippen molar-refractivity contribution < 1.29 is 13.7 Å². The van der Waals surface area contributed by atoms with E-state index in [2.05, 4.69) is 0 Å². The molecular weight excluding hydrogens is 244 g/mol. The third-order valence-electron chi connectivity index (χ3n) is 1.72. The Labute approximate surface area is 93.4 Å². The van der Waals surface area contributed by atoms with Crippen molar-refractivity contribution in [1.82, 2.24) is 0 Å². The van der Waals surface area contributed by atoms with Crippen LogP contribution in [0.25, 0.3) is 0 Å². The van der Waals surface area contributed by atoms with Gasteiger partial charge in [-0.15, -0.1) is 23.5 Å². The molecule has 1 aromatic rings. The van der Waals surface area contributed by atoms with E-state index in [0.717, 1.165) is 29.6 Å². The molecule has 0 N–H and O–H groups in total. The van der Waals surface area contributed by atoms with Gasteiger partial charge < -0.3 is 0 Å². The van der Waals surface area contributed by atoms with Gasteiger partial charge in [-0.3, -0.25) is 10.1 Å². The molecule has 0 fully saturated rings. The van der Waals surface area contributed by atoms with Crippen molar-refractivity contribution >= 4 is 29.2 Å². The lowest BCUT2D eigenvalue weighted by Gasteiger charge is -2.06. The summed E-state index contributed by atoms with van der Waals surface area (Å²) in [4.78, 5) is 9.42. The van der Waals surface area contributed by atoms with E-state index < -0.39 is 22.2 Å². The van der Waals surface area contributed by atoms with E-state index in [4.69, 9.17) is 0 Å². The van der Waals surface area contributed by atoms with Gasteiger partial charge in [-0.05, 0) is 12.5 Å². The molecule has 3 nitrogen and oxygen atoms in total. The molecule has 1 rings (SSSR count). The van der Waals surface area contributed by atoms with E-state index in [9.17, 15) is 18.9 Å². The molecule has 0 atom stereocenters. The molecule has 0 saturated heterocycles. The molecule has 0 aliphatic heterocycles. The molecule has 0 saturated carbocycles. The van der Waals surface area contributed by atoms with Crippen LogP contribution in [-0.2, 0) is 0 Å². The molecule has 0 aromatic heterocycles. The molecule has 7 heteroatoms. The van der Waals surface area contributed by atoms with E-state index in [1.807, 2.05) is 0 Å². The summed E-state index contributed by atoms with van der Waals surface area (Å²) in [6, 6.07) is 0.751. The molecule has 82 valence electrons. The summed E-state index contributed by atoms with van der Waals surface area (Å²) in [6.45, 7) is 0. The Morgan fingerprint density at radius 1 is 1.27 bits per heavy atom. The quantitative estimate of drug-likeness (QED) is 0.469. The zero-order valence-corrected chi connectivity index (χ0v) is 9.55. The first-order valence-corrected chi connectivity index (χ1v) is 6.22. The Morgan fingerprint density at radius 3 is 2.20 bits per heavy atom. The van der Waals surface area contributed by atoms with Gasteiger partial charge in [-0.2, -0.15) is 0 Å². The van der Waals surface area contributed by atoms with Crippen LogP contribution in [0.4, 0.5) is 14.5 Å². The third-order valence-corrected chi connectivity index (χ3v) is 3.30. The van der Waals surface area contributed by atoms with Crippen LogP contribution < -0.4 is 0 Å². The van der Waals surface area contributed by atoms with Crippen LogP contribution in [0.5, 0.6) is 0 Å². The fraction of sp³-hybridized carbons (Fsp3) is 0.250.